The van der Waals surface area contributed by atoms with Crippen LogP contribution < -0.4 is 5.32 Å². The van der Waals surface area contributed by atoms with E-state index < -0.39 is 0 Å². The Morgan fingerprint density at radius 1 is 1.45 bits per heavy atom. The number of benzene rings is 1. The minimum Gasteiger partial charge on any atom is -0.508 e. The third-order valence-electron chi connectivity index (χ3n) is 4.13. The zero-order valence-corrected chi connectivity index (χ0v) is 11.9. The summed E-state index contributed by atoms with van der Waals surface area (Å²) in [5.41, 5.74) is 0.584. The minimum atomic E-state index is -0.383. The molecular formula is C15H21FN2O2. The lowest BCUT2D eigenvalue weighted by Gasteiger charge is -2.35. The quantitative estimate of drug-likeness (QED) is 0.891. The molecule has 0 bridgehead atoms. The normalized spacial score (nSPS) is 18.8. The molecule has 2 rings (SSSR count). The summed E-state index contributed by atoms with van der Waals surface area (Å²) < 4.78 is 13.9. The maximum Gasteiger partial charge on any atom is 0.222 e. The van der Waals surface area contributed by atoms with Crippen molar-refractivity contribution in [2.75, 3.05) is 20.1 Å². The Labute approximate surface area is 118 Å². The molecule has 1 aliphatic rings. The molecule has 1 aromatic carbocycles. The van der Waals surface area contributed by atoms with Crippen molar-refractivity contribution in [1.82, 2.24) is 10.2 Å². The average Bonchev–Trinajstić information content (AvgIpc) is 2.46. The highest BCUT2D eigenvalue weighted by Crippen LogP contribution is 2.29. The van der Waals surface area contributed by atoms with Gasteiger partial charge in [-0.25, -0.2) is 4.39 Å². The lowest BCUT2D eigenvalue weighted by molar-refractivity contribution is -0.126. The highest BCUT2D eigenvalue weighted by atomic mass is 19.1. The number of aromatic hydroxyl groups is 1. The van der Waals surface area contributed by atoms with Crippen LogP contribution in [0.1, 0.15) is 31.4 Å². The van der Waals surface area contributed by atoms with E-state index in [9.17, 15) is 14.3 Å². The molecule has 1 heterocycles. The molecule has 1 aliphatic heterocycles. The molecule has 0 aromatic heterocycles. The second kappa shape index (κ2) is 6.22. The van der Waals surface area contributed by atoms with Gasteiger partial charge in [0.25, 0.3) is 0 Å². The van der Waals surface area contributed by atoms with E-state index in [1.807, 2.05) is 6.92 Å². The van der Waals surface area contributed by atoms with Gasteiger partial charge in [-0.15, -0.1) is 0 Å². The van der Waals surface area contributed by atoms with Crippen molar-refractivity contribution in [3.05, 3.63) is 29.6 Å². The molecule has 4 nitrogen and oxygen atoms in total. The molecule has 1 atom stereocenters. The van der Waals surface area contributed by atoms with Crippen LogP contribution in [0.25, 0.3) is 0 Å². The van der Waals surface area contributed by atoms with Gasteiger partial charge < -0.3 is 10.4 Å². The molecule has 0 saturated carbocycles. The fourth-order valence-corrected chi connectivity index (χ4v) is 2.80. The van der Waals surface area contributed by atoms with E-state index in [2.05, 4.69) is 10.2 Å². The van der Waals surface area contributed by atoms with Gasteiger partial charge in [0.1, 0.15) is 11.6 Å². The predicted octanol–water partition coefficient (Wildman–Crippen LogP) is 2.05. The van der Waals surface area contributed by atoms with Crippen molar-refractivity contribution in [1.29, 1.82) is 0 Å². The Bertz CT molecular complexity index is 485. The number of likely N-dealkylation sites (tertiary alicyclic amines) is 1. The Hall–Kier alpha value is -1.62. The van der Waals surface area contributed by atoms with Gasteiger partial charge in [-0.1, -0.05) is 6.07 Å². The Kier molecular flexibility index (Phi) is 4.60. The molecule has 1 fully saturated rings. The Balaban J connectivity index is 2.01. The van der Waals surface area contributed by atoms with E-state index in [4.69, 9.17) is 0 Å². The summed E-state index contributed by atoms with van der Waals surface area (Å²) in [6.07, 6.45) is 1.59. The van der Waals surface area contributed by atoms with Crippen LogP contribution in [0.2, 0.25) is 0 Å². The number of amides is 1. The molecule has 0 aliphatic carbocycles. The fourth-order valence-electron chi connectivity index (χ4n) is 2.80. The average molecular weight is 280 g/mol. The highest BCUT2D eigenvalue weighted by Gasteiger charge is 2.28. The summed E-state index contributed by atoms with van der Waals surface area (Å²) >= 11 is 0. The van der Waals surface area contributed by atoms with E-state index in [1.54, 1.807) is 13.1 Å². The first-order chi connectivity index (χ1) is 9.52. The van der Waals surface area contributed by atoms with Crippen LogP contribution in [0, 0.1) is 11.7 Å². The first kappa shape index (κ1) is 14.8. The molecule has 110 valence electrons. The maximum absolute atomic E-state index is 13.9. The smallest absolute Gasteiger partial charge is 0.222 e. The van der Waals surface area contributed by atoms with Crippen LogP contribution in [0.3, 0.4) is 0 Å². The van der Waals surface area contributed by atoms with Crippen molar-refractivity contribution in [3.8, 4) is 5.75 Å². The molecule has 1 aromatic rings. The van der Waals surface area contributed by atoms with E-state index in [0.717, 1.165) is 32.0 Å². The number of phenolic OH excluding ortho intramolecular Hbond substituents is 1. The molecule has 2 N–H and O–H groups in total. The van der Waals surface area contributed by atoms with E-state index in [0.29, 0.717) is 5.56 Å². The number of phenols is 1. The highest BCUT2D eigenvalue weighted by molar-refractivity contribution is 5.78. The monoisotopic (exact) mass is 280 g/mol. The van der Waals surface area contributed by atoms with Crippen LogP contribution in [-0.2, 0) is 4.79 Å². The van der Waals surface area contributed by atoms with Gasteiger partial charge in [-0.3, -0.25) is 9.69 Å². The third kappa shape index (κ3) is 3.10. The van der Waals surface area contributed by atoms with Crippen LogP contribution in [-0.4, -0.2) is 36.1 Å². The summed E-state index contributed by atoms with van der Waals surface area (Å²) in [7, 11) is 1.66. The first-order valence-corrected chi connectivity index (χ1v) is 6.97. The van der Waals surface area contributed by atoms with E-state index >= 15 is 0 Å². The third-order valence-corrected chi connectivity index (χ3v) is 4.13. The number of rotatable bonds is 3. The molecule has 0 spiro atoms. The van der Waals surface area contributed by atoms with Crippen molar-refractivity contribution in [2.45, 2.75) is 25.8 Å². The molecular weight excluding hydrogens is 259 g/mol. The standard InChI is InChI=1S/C15H21FN2O2/c1-10(13-4-3-12(19)9-14(13)16)18-7-5-11(6-8-18)15(20)17-2/h3-4,9-11,19H,5-8H2,1-2H3,(H,17,20). The van der Waals surface area contributed by atoms with Gasteiger partial charge in [0, 0.05) is 30.6 Å². The Morgan fingerprint density at radius 2 is 2.10 bits per heavy atom. The molecule has 20 heavy (non-hydrogen) atoms. The molecule has 1 unspecified atom stereocenters. The summed E-state index contributed by atoms with van der Waals surface area (Å²) in [6, 6.07) is 4.22. The maximum atomic E-state index is 13.9. The van der Waals surface area contributed by atoms with Crippen molar-refractivity contribution < 1.29 is 14.3 Å². The van der Waals surface area contributed by atoms with Gasteiger partial charge in [0.15, 0.2) is 0 Å². The van der Waals surface area contributed by atoms with Crippen LogP contribution in [0.15, 0.2) is 18.2 Å². The number of hydrogen-bond acceptors (Lipinski definition) is 3. The number of nitrogens with zero attached hydrogens (tertiary/aromatic N) is 1. The first-order valence-electron chi connectivity index (χ1n) is 6.97. The van der Waals surface area contributed by atoms with Gasteiger partial charge >= 0.3 is 0 Å². The lowest BCUT2D eigenvalue weighted by atomic mass is 9.94. The number of hydrogen-bond donors (Lipinski definition) is 2. The van der Waals surface area contributed by atoms with Crippen LogP contribution >= 0.6 is 0 Å². The summed E-state index contributed by atoms with van der Waals surface area (Å²) in [5.74, 6) is -0.288. The molecule has 0 radical (unpaired) electrons. The summed E-state index contributed by atoms with van der Waals surface area (Å²) in [6.45, 7) is 3.51. The van der Waals surface area contributed by atoms with E-state index in [1.165, 1.54) is 6.07 Å². The number of nitrogens with one attached hydrogen (secondary N) is 1. The summed E-state index contributed by atoms with van der Waals surface area (Å²) in [5, 5.41) is 11.9. The van der Waals surface area contributed by atoms with Crippen molar-refractivity contribution >= 4 is 5.91 Å². The number of halogens is 1. The van der Waals surface area contributed by atoms with E-state index in [-0.39, 0.29) is 29.4 Å². The second-order valence-electron chi connectivity index (χ2n) is 5.31. The Morgan fingerprint density at radius 3 is 2.65 bits per heavy atom. The predicted molar refractivity (Wildman–Crippen MR) is 74.8 cm³/mol. The SMILES string of the molecule is CNC(=O)C1CCN(C(C)c2ccc(O)cc2F)CC1. The molecule has 1 saturated heterocycles. The van der Waals surface area contributed by atoms with Crippen LogP contribution in [0.5, 0.6) is 5.75 Å². The molecule has 1 amide bonds. The van der Waals surface area contributed by atoms with Gasteiger partial charge in [-0.05, 0) is 38.9 Å². The molecule has 5 heteroatoms. The topological polar surface area (TPSA) is 52.6 Å². The second-order valence-corrected chi connectivity index (χ2v) is 5.31. The fraction of sp³-hybridized carbons (Fsp3) is 0.533. The lowest BCUT2D eigenvalue weighted by Crippen LogP contribution is -2.40. The minimum absolute atomic E-state index is 0.0544. The zero-order valence-electron chi connectivity index (χ0n) is 11.9. The number of carbonyl (C=O) groups excluding carboxylic acids is 1. The van der Waals surface area contributed by atoms with Gasteiger partial charge in [0.2, 0.25) is 5.91 Å². The largest absolute Gasteiger partial charge is 0.508 e. The summed E-state index contributed by atoms with van der Waals surface area (Å²) in [4.78, 5) is 13.8. The zero-order chi connectivity index (χ0) is 14.7. The van der Waals surface area contributed by atoms with Crippen molar-refractivity contribution in [3.63, 3.8) is 0 Å². The van der Waals surface area contributed by atoms with Crippen molar-refractivity contribution in [2.24, 2.45) is 5.92 Å². The van der Waals surface area contributed by atoms with Crippen LogP contribution in [0.4, 0.5) is 4.39 Å². The number of piperidine rings is 1. The van der Waals surface area contributed by atoms with Gasteiger partial charge in [-0.2, -0.15) is 0 Å². The number of carbonyl (C=O) groups is 1. The van der Waals surface area contributed by atoms with Gasteiger partial charge in [0.05, 0.1) is 0 Å².